The van der Waals surface area contributed by atoms with Crippen molar-refractivity contribution in [3.63, 3.8) is 0 Å². The van der Waals surface area contributed by atoms with Gasteiger partial charge in [0.1, 0.15) is 6.61 Å². The van der Waals surface area contributed by atoms with Gasteiger partial charge >= 0.3 is 0 Å². The van der Waals surface area contributed by atoms with Crippen molar-refractivity contribution in [3.8, 4) is 11.5 Å². The van der Waals surface area contributed by atoms with Crippen LogP contribution in [0, 0.1) is 10.1 Å². The molecule has 8 nitrogen and oxygen atoms in total. The number of aliphatic hydroxyl groups is 1. The molecule has 0 fully saturated rings. The minimum absolute atomic E-state index is 0.0312. The lowest BCUT2D eigenvalue weighted by Crippen LogP contribution is -2.37. The molecular weight excluding hydrogens is 458 g/mol. The van der Waals surface area contributed by atoms with E-state index in [0.717, 1.165) is 17.8 Å². The first-order valence-corrected chi connectivity index (χ1v) is 11.5. The van der Waals surface area contributed by atoms with Crippen molar-refractivity contribution in [3.05, 3.63) is 87.0 Å². The maximum Gasteiger partial charge on any atom is 0.270 e. The van der Waals surface area contributed by atoms with E-state index in [-0.39, 0.29) is 24.2 Å². The monoisotopic (exact) mass is 481 g/mol. The number of alkyl halides is 1. The fourth-order valence-corrected chi connectivity index (χ4v) is 4.90. The number of halogens is 1. The second kappa shape index (κ2) is 9.04. The minimum Gasteiger partial charge on any atom is -0.493 e. The number of methoxy groups -OCH3 is 1. The van der Waals surface area contributed by atoms with E-state index in [2.05, 4.69) is 11.4 Å². The molecule has 0 saturated carbocycles. The Kier molecular flexibility index (Phi) is 5.93. The summed E-state index contributed by atoms with van der Waals surface area (Å²) in [5.74, 6) is 1.11. The van der Waals surface area contributed by atoms with E-state index < -0.39 is 11.2 Å². The van der Waals surface area contributed by atoms with Gasteiger partial charge in [-0.2, -0.15) is 0 Å². The molecule has 34 heavy (non-hydrogen) atoms. The fraction of sp³-hybridized carbons (Fsp3) is 0.280. The molecule has 2 atom stereocenters. The molecule has 1 unspecified atom stereocenters. The Bertz CT molecular complexity index is 1250. The number of fused-ring (bicyclic) bond motifs is 4. The molecule has 0 aromatic heterocycles. The third kappa shape index (κ3) is 3.99. The highest BCUT2D eigenvalue weighted by atomic mass is 35.5. The number of ether oxygens (including phenoxy) is 2. The Morgan fingerprint density at radius 2 is 1.97 bits per heavy atom. The maximum absolute atomic E-state index is 11.3. The van der Waals surface area contributed by atoms with Crippen LogP contribution in [0.2, 0.25) is 0 Å². The summed E-state index contributed by atoms with van der Waals surface area (Å²) in [6.07, 6.45) is 0.00868. The number of nitrogens with zero attached hydrogens (tertiary/aromatic N) is 2. The third-order valence-corrected chi connectivity index (χ3v) is 6.63. The Morgan fingerprint density at radius 3 is 2.74 bits per heavy atom. The highest BCUT2D eigenvalue weighted by Crippen LogP contribution is 2.44. The summed E-state index contributed by atoms with van der Waals surface area (Å²) < 4.78 is 11.6. The van der Waals surface area contributed by atoms with Crippen LogP contribution in [-0.2, 0) is 18.9 Å². The van der Waals surface area contributed by atoms with Crippen LogP contribution in [0.5, 0.6) is 11.5 Å². The van der Waals surface area contributed by atoms with Gasteiger partial charge in [-0.1, -0.05) is 24.3 Å². The molecule has 9 heteroatoms. The quantitative estimate of drug-likeness (QED) is 0.297. The van der Waals surface area contributed by atoms with E-state index in [1.54, 1.807) is 12.1 Å². The normalized spacial score (nSPS) is 18.3. The summed E-state index contributed by atoms with van der Waals surface area (Å²) >= 11 is 5.90. The zero-order valence-electron chi connectivity index (χ0n) is 18.5. The summed E-state index contributed by atoms with van der Waals surface area (Å²) in [5, 5.41) is 26.0. The Balaban J connectivity index is 1.44. The largest absolute Gasteiger partial charge is 0.493 e. The maximum atomic E-state index is 11.3. The highest BCUT2D eigenvalue weighted by Gasteiger charge is 2.37. The van der Waals surface area contributed by atoms with Gasteiger partial charge in [-0.15, -0.1) is 11.6 Å². The first-order valence-electron chi connectivity index (χ1n) is 10.9. The van der Waals surface area contributed by atoms with Crippen molar-refractivity contribution in [2.75, 3.05) is 23.9 Å². The Morgan fingerprint density at radius 1 is 1.18 bits per heavy atom. The van der Waals surface area contributed by atoms with Gasteiger partial charge in [0.2, 0.25) is 0 Å². The van der Waals surface area contributed by atoms with Crippen molar-refractivity contribution in [2.45, 2.75) is 31.2 Å². The average Bonchev–Trinajstić information content (AvgIpc) is 3.17. The number of nitrogens with one attached hydrogen (secondary N) is 1. The first-order chi connectivity index (χ1) is 16.5. The van der Waals surface area contributed by atoms with Crippen molar-refractivity contribution >= 4 is 28.7 Å². The van der Waals surface area contributed by atoms with Crippen LogP contribution >= 0.6 is 11.6 Å². The van der Waals surface area contributed by atoms with Crippen LogP contribution in [0.3, 0.4) is 0 Å². The Labute approximate surface area is 201 Å². The molecule has 0 spiro atoms. The van der Waals surface area contributed by atoms with Gasteiger partial charge in [0.15, 0.2) is 17.7 Å². The number of hydrogen-bond acceptors (Lipinski definition) is 7. The van der Waals surface area contributed by atoms with Gasteiger partial charge in [-0.3, -0.25) is 10.1 Å². The summed E-state index contributed by atoms with van der Waals surface area (Å²) in [5.41, 5.74) is 4.96. The number of non-ortho nitro benzene ring substituents is 1. The van der Waals surface area contributed by atoms with E-state index in [0.29, 0.717) is 34.7 Å². The number of para-hydroxylation sites is 1. The minimum atomic E-state index is -0.843. The molecule has 0 aliphatic carbocycles. The van der Waals surface area contributed by atoms with E-state index in [1.165, 1.54) is 24.8 Å². The van der Waals surface area contributed by atoms with E-state index in [1.807, 2.05) is 29.2 Å². The van der Waals surface area contributed by atoms with Crippen LogP contribution in [0.15, 0.2) is 54.6 Å². The van der Waals surface area contributed by atoms with Gasteiger partial charge in [0, 0.05) is 47.6 Å². The summed E-state index contributed by atoms with van der Waals surface area (Å²) in [7, 11) is 1.54. The highest BCUT2D eigenvalue weighted by molar-refractivity contribution is 6.17. The number of aliphatic hydroxyl groups excluding tert-OH is 1. The standard InChI is InChI=1S/C25H24ClN3O5/c1-33-23-10-20-21(27-13-19-9-17-4-2-3-5-22(17)28(19)25(20)30)11-24(23)34-14-16-6-15(12-26)7-18(8-16)29(31)32/h2-8,10-11,19,25,27,30H,9,12-14H2,1H3/t19-,25?/m0/s1. The van der Waals surface area contributed by atoms with Gasteiger partial charge in [0.05, 0.1) is 18.1 Å². The first kappa shape index (κ1) is 22.3. The molecule has 176 valence electrons. The Hall–Kier alpha value is -3.49. The summed E-state index contributed by atoms with van der Waals surface area (Å²) in [6.45, 7) is 0.764. The van der Waals surface area contributed by atoms with Crippen LogP contribution in [0.4, 0.5) is 17.1 Å². The second-order valence-electron chi connectivity index (χ2n) is 8.43. The van der Waals surface area contributed by atoms with Gasteiger partial charge in [-0.25, -0.2) is 0 Å². The van der Waals surface area contributed by atoms with E-state index >= 15 is 0 Å². The molecule has 0 radical (unpaired) electrons. The van der Waals surface area contributed by atoms with Crippen LogP contribution in [0.25, 0.3) is 0 Å². The summed E-state index contributed by atoms with van der Waals surface area (Å²) in [4.78, 5) is 12.8. The van der Waals surface area contributed by atoms with Crippen molar-refractivity contribution in [1.29, 1.82) is 0 Å². The van der Waals surface area contributed by atoms with E-state index in [4.69, 9.17) is 21.1 Å². The molecule has 2 aliphatic rings. The second-order valence-corrected chi connectivity index (χ2v) is 8.69. The van der Waals surface area contributed by atoms with E-state index in [9.17, 15) is 15.2 Å². The number of hydrogen-bond donors (Lipinski definition) is 2. The number of nitro benzene ring substituents is 1. The molecule has 2 aliphatic heterocycles. The van der Waals surface area contributed by atoms with Crippen molar-refractivity contribution in [1.82, 2.24) is 0 Å². The number of nitro groups is 1. The lowest BCUT2D eigenvalue weighted by atomic mass is 10.1. The number of anilines is 2. The zero-order chi connectivity index (χ0) is 23.8. The molecule has 3 aromatic rings. The van der Waals surface area contributed by atoms with Gasteiger partial charge < -0.3 is 24.8 Å². The zero-order valence-corrected chi connectivity index (χ0v) is 19.3. The van der Waals surface area contributed by atoms with Crippen molar-refractivity contribution in [2.24, 2.45) is 0 Å². The molecule has 0 saturated heterocycles. The van der Waals surface area contributed by atoms with Gasteiger partial charge in [0.25, 0.3) is 5.69 Å². The summed E-state index contributed by atoms with van der Waals surface area (Å²) in [6, 6.07) is 16.5. The molecular formula is C25H24ClN3O5. The van der Waals surface area contributed by atoms with Crippen LogP contribution in [-0.4, -0.2) is 29.7 Å². The lowest BCUT2D eigenvalue weighted by Gasteiger charge is -2.30. The predicted molar refractivity (Wildman–Crippen MR) is 130 cm³/mol. The molecule has 2 heterocycles. The molecule has 5 rings (SSSR count). The molecule has 2 N–H and O–H groups in total. The van der Waals surface area contributed by atoms with Crippen molar-refractivity contribution < 1.29 is 19.5 Å². The van der Waals surface area contributed by atoms with Crippen LogP contribution < -0.4 is 19.7 Å². The lowest BCUT2D eigenvalue weighted by molar-refractivity contribution is -0.385. The fourth-order valence-electron chi connectivity index (χ4n) is 4.75. The third-order valence-electron chi connectivity index (χ3n) is 6.32. The molecule has 0 bridgehead atoms. The number of benzene rings is 3. The topological polar surface area (TPSA) is 97.1 Å². The molecule has 3 aromatic carbocycles. The smallest absolute Gasteiger partial charge is 0.270 e. The average molecular weight is 482 g/mol. The van der Waals surface area contributed by atoms with Gasteiger partial charge in [-0.05, 0) is 35.2 Å². The number of rotatable bonds is 6. The predicted octanol–water partition coefficient (Wildman–Crippen LogP) is 4.77. The SMILES string of the molecule is COc1cc2c(cc1OCc1cc(CCl)cc([N+](=O)[O-])c1)NC[C@@H]1Cc3ccccc3N1C2O. The van der Waals surface area contributed by atoms with Crippen LogP contribution in [0.1, 0.15) is 28.5 Å². The molecule has 0 amide bonds.